The summed E-state index contributed by atoms with van der Waals surface area (Å²) in [7, 11) is 3.14. The highest BCUT2D eigenvalue weighted by molar-refractivity contribution is 6.12. The molecule has 0 fully saturated rings. The molecule has 0 atom stereocenters. The zero-order valence-corrected chi connectivity index (χ0v) is 23.3. The highest BCUT2D eigenvalue weighted by Crippen LogP contribution is 2.43. The van der Waals surface area contributed by atoms with Crippen LogP contribution >= 0.6 is 0 Å². The summed E-state index contributed by atoms with van der Waals surface area (Å²) in [5, 5.41) is 25.8. The first-order valence-corrected chi connectivity index (χ1v) is 13.6. The lowest BCUT2D eigenvalue weighted by molar-refractivity contribution is -0.384. The van der Waals surface area contributed by atoms with Gasteiger partial charge < -0.3 is 14.0 Å². The molecule has 9 nitrogen and oxygen atoms in total. The van der Waals surface area contributed by atoms with Crippen molar-refractivity contribution in [3.63, 3.8) is 0 Å². The molecule has 0 aliphatic heterocycles. The highest BCUT2D eigenvalue weighted by Gasteiger charge is 2.25. The van der Waals surface area contributed by atoms with Gasteiger partial charge >= 0.3 is 0 Å². The van der Waals surface area contributed by atoms with E-state index in [2.05, 4.69) is 11.5 Å². The Kier molecular flexibility index (Phi) is 7.87. The molecule has 0 aliphatic carbocycles. The molecule has 9 heteroatoms. The van der Waals surface area contributed by atoms with Gasteiger partial charge in [-0.3, -0.25) is 20.2 Å². The number of unbranched alkanes of at least 4 members (excludes halogenated alkanes) is 3. The first-order chi connectivity index (χ1) is 19.9. The summed E-state index contributed by atoms with van der Waals surface area (Å²) >= 11 is 0. The summed E-state index contributed by atoms with van der Waals surface area (Å²) in [6, 6.07) is 21.1. The van der Waals surface area contributed by atoms with Crippen LogP contribution in [-0.2, 0) is 6.54 Å². The van der Waals surface area contributed by atoms with Gasteiger partial charge in [0.05, 0.1) is 46.2 Å². The molecule has 0 radical (unpaired) electrons. The van der Waals surface area contributed by atoms with Crippen LogP contribution in [0.1, 0.15) is 32.6 Å². The van der Waals surface area contributed by atoms with Crippen molar-refractivity contribution in [3.05, 3.63) is 93.0 Å². The maximum absolute atomic E-state index is 12.3. The minimum absolute atomic E-state index is 0.0606. The van der Waals surface area contributed by atoms with Crippen molar-refractivity contribution in [2.45, 2.75) is 39.2 Å². The van der Waals surface area contributed by atoms with Crippen LogP contribution in [0, 0.1) is 20.2 Å². The molecule has 1 heterocycles. The molecule has 210 valence electrons. The summed E-state index contributed by atoms with van der Waals surface area (Å²) in [4.78, 5) is 23.7. The molecular weight excluding hydrogens is 522 g/mol. The fraction of sp³-hybridized carbons (Fsp3) is 0.250. The summed E-state index contributed by atoms with van der Waals surface area (Å²) < 4.78 is 12.7. The predicted octanol–water partition coefficient (Wildman–Crippen LogP) is 8.54. The quantitative estimate of drug-likeness (QED) is 0.0921. The molecule has 1 aromatic heterocycles. The van der Waals surface area contributed by atoms with E-state index in [0.717, 1.165) is 36.7 Å². The zero-order valence-electron chi connectivity index (χ0n) is 23.3. The molecule has 0 spiro atoms. The van der Waals surface area contributed by atoms with Crippen molar-refractivity contribution in [2.75, 3.05) is 14.2 Å². The van der Waals surface area contributed by atoms with Crippen LogP contribution in [0.4, 0.5) is 11.4 Å². The number of aryl methyl sites for hydroxylation is 1. The summed E-state index contributed by atoms with van der Waals surface area (Å²) in [6.45, 7) is 2.83. The number of benzene rings is 4. The number of hydrogen-bond acceptors (Lipinski definition) is 6. The van der Waals surface area contributed by atoms with Gasteiger partial charge in [0, 0.05) is 29.4 Å². The Labute approximate surface area is 237 Å². The number of nitro benzene ring substituents is 2. The van der Waals surface area contributed by atoms with Crippen molar-refractivity contribution < 1.29 is 19.3 Å². The van der Waals surface area contributed by atoms with Crippen molar-refractivity contribution in [1.82, 2.24) is 4.57 Å². The van der Waals surface area contributed by atoms with E-state index in [-0.39, 0.29) is 11.4 Å². The third-order valence-electron chi connectivity index (χ3n) is 7.53. The van der Waals surface area contributed by atoms with Gasteiger partial charge in [-0.2, -0.15) is 0 Å². The van der Waals surface area contributed by atoms with E-state index in [1.165, 1.54) is 0 Å². The maximum Gasteiger partial charge on any atom is 0.277 e. The average Bonchev–Trinajstić information content (AvgIpc) is 3.29. The minimum atomic E-state index is -0.399. The van der Waals surface area contributed by atoms with E-state index in [9.17, 15) is 20.2 Å². The average molecular weight is 554 g/mol. The van der Waals surface area contributed by atoms with Crippen molar-refractivity contribution in [2.24, 2.45) is 0 Å². The number of ether oxygens (including phenoxy) is 2. The first kappa shape index (κ1) is 27.6. The van der Waals surface area contributed by atoms with E-state index in [4.69, 9.17) is 9.47 Å². The molecular formula is C32H31N3O6. The van der Waals surface area contributed by atoms with E-state index in [0.29, 0.717) is 51.1 Å². The second-order valence-corrected chi connectivity index (χ2v) is 9.96. The minimum Gasteiger partial charge on any atom is -0.497 e. The SMILES string of the molecule is CCCCCCn1c2cc(-c3ccc(OC)cc3)c([N+](=O)[O-])cc2c2cc([N+](=O)[O-])c(-c3ccc(OC)cc3)cc21. The van der Waals surface area contributed by atoms with E-state index >= 15 is 0 Å². The summed E-state index contributed by atoms with van der Waals surface area (Å²) in [6.07, 6.45) is 4.14. The van der Waals surface area contributed by atoms with Gasteiger partial charge in [-0.25, -0.2) is 0 Å². The second kappa shape index (κ2) is 11.7. The Morgan fingerprint density at radius 2 is 1.10 bits per heavy atom. The second-order valence-electron chi connectivity index (χ2n) is 9.96. The number of fused-ring (bicyclic) bond motifs is 3. The largest absolute Gasteiger partial charge is 0.497 e. The Hall–Kier alpha value is -4.92. The Morgan fingerprint density at radius 1 is 0.659 bits per heavy atom. The maximum atomic E-state index is 12.3. The van der Waals surface area contributed by atoms with Gasteiger partial charge in [-0.05, 0) is 53.9 Å². The van der Waals surface area contributed by atoms with Crippen LogP contribution in [-0.4, -0.2) is 28.6 Å². The van der Waals surface area contributed by atoms with Crippen LogP contribution in [0.3, 0.4) is 0 Å². The molecule has 4 aromatic carbocycles. The predicted molar refractivity (Wildman–Crippen MR) is 161 cm³/mol. The summed E-state index contributed by atoms with van der Waals surface area (Å²) in [5.41, 5.74) is 3.81. The van der Waals surface area contributed by atoms with Gasteiger partial charge in [0.25, 0.3) is 11.4 Å². The Balaban J connectivity index is 1.80. The molecule has 5 rings (SSSR count). The molecule has 0 N–H and O–H groups in total. The molecule has 0 saturated heterocycles. The monoisotopic (exact) mass is 553 g/mol. The molecule has 5 aromatic rings. The molecule has 0 bridgehead atoms. The number of aromatic nitrogens is 1. The van der Waals surface area contributed by atoms with Crippen LogP contribution < -0.4 is 9.47 Å². The number of rotatable bonds is 11. The van der Waals surface area contributed by atoms with Gasteiger partial charge in [0.2, 0.25) is 0 Å². The van der Waals surface area contributed by atoms with Gasteiger partial charge in [0.15, 0.2) is 0 Å². The topological polar surface area (TPSA) is 110 Å². The number of nitro groups is 2. The van der Waals surface area contributed by atoms with Gasteiger partial charge in [-0.15, -0.1) is 0 Å². The fourth-order valence-electron chi connectivity index (χ4n) is 5.40. The smallest absolute Gasteiger partial charge is 0.277 e. The van der Waals surface area contributed by atoms with Crippen LogP contribution in [0.5, 0.6) is 11.5 Å². The molecule has 41 heavy (non-hydrogen) atoms. The number of nitrogens with zero attached hydrogens (tertiary/aromatic N) is 3. The molecule has 0 aliphatic rings. The standard InChI is InChI=1S/C32H31N3O6/c1-4-5-6-7-16-33-29-17-25(21-8-12-23(40-2)13-9-21)31(34(36)37)19-27(29)28-20-32(35(38)39)26(18-30(28)33)22-10-14-24(41-3)15-11-22/h8-15,17-20H,4-7,16H2,1-3H3. The number of methoxy groups -OCH3 is 2. The molecule has 0 saturated carbocycles. The highest BCUT2D eigenvalue weighted by atomic mass is 16.6. The third kappa shape index (κ3) is 5.30. The number of hydrogen-bond donors (Lipinski definition) is 0. The van der Waals surface area contributed by atoms with E-state index in [1.54, 1.807) is 74.9 Å². The lowest BCUT2D eigenvalue weighted by Crippen LogP contribution is -2.00. The molecule has 0 amide bonds. The van der Waals surface area contributed by atoms with Gasteiger partial charge in [0.1, 0.15) is 11.5 Å². The zero-order chi connectivity index (χ0) is 29.1. The third-order valence-corrected chi connectivity index (χ3v) is 7.53. The normalized spacial score (nSPS) is 11.2. The first-order valence-electron chi connectivity index (χ1n) is 13.6. The lowest BCUT2D eigenvalue weighted by atomic mass is 9.99. The van der Waals surface area contributed by atoms with E-state index in [1.807, 2.05) is 12.1 Å². The fourth-order valence-corrected chi connectivity index (χ4v) is 5.40. The van der Waals surface area contributed by atoms with Crippen LogP contribution in [0.25, 0.3) is 44.1 Å². The van der Waals surface area contributed by atoms with Crippen molar-refractivity contribution in [3.8, 4) is 33.8 Å². The Morgan fingerprint density at radius 3 is 1.46 bits per heavy atom. The van der Waals surface area contributed by atoms with Gasteiger partial charge in [-0.1, -0.05) is 50.5 Å². The van der Waals surface area contributed by atoms with E-state index < -0.39 is 9.85 Å². The van der Waals surface area contributed by atoms with Crippen LogP contribution in [0.2, 0.25) is 0 Å². The Bertz CT molecular complexity index is 1620. The summed E-state index contributed by atoms with van der Waals surface area (Å²) in [5.74, 6) is 1.31. The van der Waals surface area contributed by atoms with Crippen molar-refractivity contribution >= 4 is 33.2 Å². The molecule has 0 unspecified atom stereocenters. The lowest BCUT2D eigenvalue weighted by Gasteiger charge is -2.11. The van der Waals surface area contributed by atoms with Crippen LogP contribution in [0.15, 0.2) is 72.8 Å². The van der Waals surface area contributed by atoms with Crippen molar-refractivity contribution in [1.29, 1.82) is 0 Å².